The fourth-order valence-corrected chi connectivity index (χ4v) is 2.86. The number of halogens is 1. The highest BCUT2D eigenvalue weighted by atomic mass is 79.9. The molecule has 1 aromatic heterocycles. The molecule has 0 aliphatic heterocycles. The summed E-state index contributed by atoms with van der Waals surface area (Å²) in [6.45, 7) is 0. The smallest absolute Gasteiger partial charge is 0.251 e. The fraction of sp³-hybridized carbons (Fsp3) is 0.500. The lowest BCUT2D eigenvalue weighted by Gasteiger charge is -2.28. The van der Waals surface area contributed by atoms with E-state index in [-0.39, 0.29) is 11.4 Å². The van der Waals surface area contributed by atoms with Gasteiger partial charge in [0.2, 0.25) is 0 Å². The molecule has 0 saturated heterocycles. The number of nitrogens with zero attached hydrogens (tertiary/aromatic N) is 1. The second kappa shape index (κ2) is 4.95. The Hall–Kier alpha value is -0.900. The summed E-state index contributed by atoms with van der Waals surface area (Å²) in [5, 5.41) is 3.97. The Bertz CT molecular complexity index is 361. The number of aromatic nitrogens is 1. The summed E-state index contributed by atoms with van der Waals surface area (Å²) in [5.74, 6) is 0.00347. The predicted octanol–water partition coefficient (Wildman–Crippen LogP) is 2.52. The summed E-state index contributed by atoms with van der Waals surface area (Å²) in [6, 6.07) is 3.48. The molecule has 0 spiro atoms. The first kappa shape index (κ1) is 11.6. The van der Waals surface area contributed by atoms with Gasteiger partial charge in [-0.15, -0.1) is 0 Å². The molecule has 1 heterocycles. The van der Waals surface area contributed by atoms with Crippen LogP contribution in [0.5, 0.6) is 0 Å². The number of carbonyl (C=O) groups is 1. The highest BCUT2D eigenvalue weighted by Gasteiger charge is 2.34. The number of pyridine rings is 1. The summed E-state index contributed by atoms with van der Waals surface area (Å²) in [6.07, 6.45) is 7.81. The number of hydrogen-bond donors (Lipinski definition) is 1. The Morgan fingerprint density at radius 3 is 2.56 bits per heavy atom. The molecule has 4 heteroatoms. The van der Waals surface area contributed by atoms with E-state index in [1.807, 2.05) is 0 Å². The Balaban J connectivity index is 2.07. The zero-order valence-electron chi connectivity index (χ0n) is 9.08. The monoisotopic (exact) mass is 282 g/mol. The van der Waals surface area contributed by atoms with Crippen molar-refractivity contribution in [1.82, 2.24) is 10.3 Å². The van der Waals surface area contributed by atoms with Crippen molar-refractivity contribution in [3.05, 3.63) is 30.1 Å². The topological polar surface area (TPSA) is 42.0 Å². The van der Waals surface area contributed by atoms with Gasteiger partial charge in [0.05, 0.1) is 5.54 Å². The van der Waals surface area contributed by atoms with Gasteiger partial charge in [-0.3, -0.25) is 9.78 Å². The van der Waals surface area contributed by atoms with Gasteiger partial charge in [0.1, 0.15) is 0 Å². The standard InChI is InChI=1S/C12H15BrN2O/c13-9-12(5-1-2-6-12)15-11(16)10-3-7-14-8-4-10/h3-4,7-8H,1-2,5-6,9H2,(H,15,16). The van der Waals surface area contributed by atoms with Crippen molar-refractivity contribution in [3.8, 4) is 0 Å². The van der Waals surface area contributed by atoms with Gasteiger partial charge < -0.3 is 5.32 Å². The normalized spacial score (nSPS) is 18.3. The van der Waals surface area contributed by atoms with Gasteiger partial charge in [-0.2, -0.15) is 0 Å². The van der Waals surface area contributed by atoms with E-state index in [0.29, 0.717) is 5.56 Å². The molecule has 16 heavy (non-hydrogen) atoms. The highest BCUT2D eigenvalue weighted by molar-refractivity contribution is 9.09. The van der Waals surface area contributed by atoms with Gasteiger partial charge in [0, 0.05) is 23.3 Å². The van der Waals surface area contributed by atoms with Gasteiger partial charge in [-0.25, -0.2) is 0 Å². The van der Waals surface area contributed by atoms with Gasteiger partial charge in [0.15, 0.2) is 0 Å². The molecule has 3 nitrogen and oxygen atoms in total. The van der Waals surface area contributed by atoms with E-state index < -0.39 is 0 Å². The van der Waals surface area contributed by atoms with Crippen LogP contribution in [0.25, 0.3) is 0 Å². The van der Waals surface area contributed by atoms with Gasteiger partial charge >= 0.3 is 0 Å². The van der Waals surface area contributed by atoms with Crippen LogP contribution in [0.2, 0.25) is 0 Å². The number of amides is 1. The maximum atomic E-state index is 12.0. The highest BCUT2D eigenvalue weighted by Crippen LogP contribution is 2.31. The molecule has 0 aromatic carbocycles. The zero-order valence-corrected chi connectivity index (χ0v) is 10.7. The number of hydrogen-bond acceptors (Lipinski definition) is 2. The van der Waals surface area contributed by atoms with Gasteiger partial charge in [-0.05, 0) is 25.0 Å². The van der Waals surface area contributed by atoms with Crippen LogP contribution in [0.3, 0.4) is 0 Å². The van der Waals surface area contributed by atoms with Crippen LogP contribution in [0.4, 0.5) is 0 Å². The number of nitrogens with one attached hydrogen (secondary N) is 1. The average molecular weight is 283 g/mol. The summed E-state index contributed by atoms with van der Waals surface area (Å²) >= 11 is 3.51. The summed E-state index contributed by atoms with van der Waals surface area (Å²) in [4.78, 5) is 15.9. The molecular weight excluding hydrogens is 268 g/mol. The van der Waals surface area contributed by atoms with Crippen molar-refractivity contribution in [2.45, 2.75) is 31.2 Å². The third-order valence-corrected chi connectivity index (χ3v) is 4.21. The minimum absolute atomic E-state index is 0.00347. The molecule has 1 N–H and O–H groups in total. The van der Waals surface area contributed by atoms with Crippen LogP contribution < -0.4 is 5.32 Å². The number of carbonyl (C=O) groups excluding carboxylic acids is 1. The molecule has 0 atom stereocenters. The Morgan fingerprint density at radius 1 is 1.38 bits per heavy atom. The van der Waals surface area contributed by atoms with Crippen LogP contribution >= 0.6 is 15.9 Å². The van der Waals surface area contributed by atoms with Crippen molar-refractivity contribution >= 4 is 21.8 Å². The maximum Gasteiger partial charge on any atom is 0.251 e. The molecule has 1 fully saturated rings. The molecule has 0 unspecified atom stereocenters. The van der Waals surface area contributed by atoms with Crippen molar-refractivity contribution in [3.63, 3.8) is 0 Å². The minimum atomic E-state index is -0.0413. The quantitative estimate of drug-likeness (QED) is 0.866. The molecular formula is C12H15BrN2O. The summed E-state index contributed by atoms with van der Waals surface area (Å²) < 4.78 is 0. The minimum Gasteiger partial charge on any atom is -0.346 e. The summed E-state index contributed by atoms with van der Waals surface area (Å²) in [5.41, 5.74) is 0.641. The lowest BCUT2D eigenvalue weighted by molar-refractivity contribution is 0.0910. The van der Waals surface area contributed by atoms with E-state index in [2.05, 4.69) is 26.2 Å². The Kier molecular flexibility index (Phi) is 3.59. The van der Waals surface area contributed by atoms with Crippen molar-refractivity contribution in [1.29, 1.82) is 0 Å². The van der Waals surface area contributed by atoms with E-state index in [0.717, 1.165) is 18.2 Å². The maximum absolute atomic E-state index is 12.0. The van der Waals surface area contributed by atoms with Crippen LogP contribution in [0.1, 0.15) is 36.0 Å². The first-order valence-corrected chi connectivity index (χ1v) is 6.66. The molecule has 0 bridgehead atoms. The van der Waals surface area contributed by atoms with Gasteiger partial charge in [0.25, 0.3) is 5.91 Å². The van der Waals surface area contributed by atoms with Crippen LogP contribution in [0, 0.1) is 0 Å². The first-order chi connectivity index (χ1) is 7.76. The molecule has 0 radical (unpaired) electrons. The zero-order chi connectivity index (χ0) is 11.4. The second-order valence-electron chi connectivity index (χ2n) is 4.31. The second-order valence-corrected chi connectivity index (χ2v) is 4.87. The third kappa shape index (κ3) is 2.43. The van der Waals surface area contributed by atoms with Crippen molar-refractivity contribution in [2.75, 3.05) is 5.33 Å². The van der Waals surface area contributed by atoms with E-state index in [9.17, 15) is 4.79 Å². The molecule has 86 valence electrons. The molecule has 1 aliphatic carbocycles. The third-order valence-electron chi connectivity index (χ3n) is 3.14. The molecule has 1 saturated carbocycles. The largest absolute Gasteiger partial charge is 0.346 e. The van der Waals surface area contributed by atoms with Gasteiger partial charge in [-0.1, -0.05) is 28.8 Å². The van der Waals surface area contributed by atoms with E-state index in [1.54, 1.807) is 24.5 Å². The van der Waals surface area contributed by atoms with Crippen LogP contribution in [-0.4, -0.2) is 21.8 Å². The Labute approximate surface area is 104 Å². The summed E-state index contributed by atoms with van der Waals surface area (Å²) in [7, 11) is 0. The van der Waals surface area contributed by atoms with Crippen molar-refractivity contribution in [2.24, 2.45) is 0 Å². The molecule has 2 rings (SSSR count). The van der Waals surface area contributed by atoms with E-state index in [4.69, 9.17) is 0 Å². The van der Waals surface area contributed by atoms with E-state index >= 15 is 0 Å². The predicted molar refractivity (Wildman–Crippen MR) is 66.7 cm³/mol. The number of alkyl halides is 1. The molecule has 1 amide bonds. The van der Waals surface area contributed by atoms with Crippen LogP contribution in [0.15, 0.2) is 24.5 Å². The first-order valence-electron chi connectivity index (χ1n) is 5.54. The lowest BCUT2D eigenvalue weighted by Crippen LogP contribution is -2.47. The molecule has 1 aromatic rings. The lowest BCUT2D eigenvalue weighted by atomic mass is 10.00. The van der Waals surface area contributed by atoms with E-state index in [1.165, 1.54) is 12.8 Å². The van der Waals surface area contributed by atoms with Crippen LogP contribution in [-0.2, 0) is 0 Å². The Morgan fingerprint density at radius 2 is 2.00 bits per heavy atom. The SMILES string of the molecule is O=C(NC1(CBr)CCCC1)c1ccncc1. The molecule has 1 aliphatic rings. The van der Waals surface area contributed by atoms with Crippen molar-refractivity contribution < 1.29 is 4.79 Å². The number of rotatable bonds is 3. The average Bonchev–Trinajstić information content (AvgIpc) is 2.79. The fourth-order valence-electron chi connectivity index (χ4n) is 2.16.